The zero-order chi connectivity index (χ0) is 64.4. The molecule has 89 heavy (non-hydrogen) atoms. The molecule has 0 radical (unpaired) electrons. The number of allylic oxidation sites excluding steroid dienone is 3. The van der Waals surface area contributed by atoms with E-state index >= 15 is 0 Å². The van der Waals surface area contributed by atoms with Gasteiger partial charge in [0.15, 0.2) is 6.29 Å². The van der Waals surface area contributed by atoms with Crippen LogP contribution in [0.4, 0.5) is 0 Å². The Labute approximate surface area is 550 Å². The minimum absolute atomic E-state index is 0.0174. The predicted octanol–water partition coefficient (Wildman–Crippen LogP) is 20.8. The molecule has 11 heteroatoms. The van der Waals surface area contributed by atoms with Crippen LogP contribution in [-0.4, -0.2) is 100 Å². The number of amides is 1. The van der Waals surface area contributed by atoms with E-state index < -0.39 is 49.5 Å². The molecule has 0 aromatic rings. The van der Waals surface area contributed by atoms with Crippen LogP contribution in [0.5, 0.6) is 0 Å². The van der Waals surface area contributed by atoms with Crippen LogP contribution in [0, 0.1) is 0 Å². The Hall–Kier alpha value is -1.86. The molecule has 0 aromatic carbocycles. The van der Waals surface area contributed by atoms with Crippen molar-refractivity contribution < 1.29 is 49.3 Å². The van der Waals surface area contributed by atoms with Gasteiger partial charge in [-0.25, -0.2) is 0 Å². The third-order valence-corrected chi connectivity index (χ3v) is 18.8. The molecule has 0 aromatic heterocycles. The van der Waals surface area contributed by atoms with Gasteiger partial charge >= 0.3 is 5.97 Å². The molecule has 1 amide bonds. The van der Waals surface area contributed by atoms with Gasteiger partial charge in [0.05, 0.1) is 32.0 Å². The number of rotatable bonds is 70. The Balaban J connectivity index is 1.90. The quantitative estimate of drug-likeness (QED) is 0.0195. The molecule has 1 aliphatic rings. The number of esters is 1. The van der Waals surface area contributed by atoms with Gasteiger partial charge < -0.3 is 45.1 Å². The zero-order valence-electron chi connectivity index (χ0n) is 58.7. The van der Waals surface area contributed by atoms with Crippen LogP contribution in [0.2, 0.25) is 0 Å². The second kappa shape index (κ2) is 67.6. The van der Waals surface area contributed by atoms with Gasteiger partial charge in [-0.05, 0) is 44.9 Å². The summed E-state index contributed by atoms with van der Waals surface area (Å²) in [5.41, 5.74) is 0. The number of nitrogens with one attached hydrogen (secondary N) is 1. The van der Waals surface area contributed by atoms with Crippen LogP contribution in [-0.2, 0) is 23.8 Å². The molecule has 1 fully saturated rings. The zero-order valence-corrected chi connectivity index (χ0v) is 58.7. The standard InChI is InChI=1S/C78H149NO10/c1-3-5-7-9-11-13-15-41-45-48-52-56-60-64-71(81)70(69-88-78-77(86)76(85)75(84)72(68-80)89-78)79-73(82)65-61-57-53-49-46-42-39-37-35-33-31-29-27-25-23-21-19-17-16-18-20-22-24-26-28-30-32-34-36-38-40-43-47-51-55-59-63-67-87-74(83)66-62-58-54-50-44-14-12-10-8-6-4-2/h45,48,60,64,70-72,75-78,80-81,84-86H,3-44,46-47,49-59,61-63,65-69H2,1-2H3,(H,79,82)/b48-45+,64-60+. The smallest absolute Gasteiger partial charge is 0.305 e. The number of hydrogen-bond acceptors (Lipinski definition) is 10. The van der Waals surface area contributed by atoms with Crippen LogP contribution >= 0.6 is 0 Å². The molecule has 0 saturated carbocycles. The fourth-order valence-electron chi connectivity index (χ4n) is 12.7. The van der Waals surface area contributed by atoms with Crippen molar-refractivity contribution in [1.82, 2.24) is 5.32 Å². The van der Waals surface area contributed by atoms with E-state index in [1.807, 2.05) is 6.08 Å². The maximum Gasteiger partial charge on any atom is 0.305 e. The fourth-order valence-corrected chi connectivity index (χ4v) is 12.7. The number of unbranched alkanes of at least 4 members (excludes halogenated alkanes) is 54. The van der Waals surface area contributed by atoms with Crippen LogP contribution in [0.3, 0.4) is 0 Å². The Bertz CT molecular complexity index is 1530. The monoisotopic (exact) mass is 1260 g/mol. The van der Waals surface area contributed by atoms with E-state index in [1.54, 1.807) is 6.08 Å². The minimum atomic E-state index is -1.57. The molecule has 7 unspecified atom stereocenters. The Morgan fingerprint density at radius 1 is 0.404 bits per heavy atom. The van der Waals surface area contributed by atoms with Crippen molar-refractivity contribution in [3.8, 4) is 0 Å². The molecule has 0 bridgehead atoms. The van der Waals surface area contributed by atoms with Gasteiger partial charge in [0.1, 0.15) is 24.4 Å². The fraction of sp³-hybridized carbons (Fsp3) is 0.923. The number of carbonyl (C=O) groups is 2. The van der Waals surface area contributed by atoms with Crippen molar-refractivity contribution >= 4 is 11.9 Å². The maximum absolute atomic E-state index is 13.1. The number of hydrogen-bond donors (Lipinski definition) is 6. The number of ether oxygens (including phenoxy) is 3. The molecule has 1 saturated heterocycles. The van der Waals surface area contributed by atoms with Crippen molar-refractivity contribution in [3.05, 3.63) is 24.3 Å². The van der Waals surface area contributed by atoms with Crippen LogP contribution in [0.1, 0.15) is 399 Å². The SMILES string of the molecule is CCCCCCCCC/C=C/CC/C=C/C(O)C(COC1OC(CO)C(O)C(O)C1O)NC(=O)CCCCCCCCCCCCCCCCCCCCCCCCCCCCCCCCCCCCCCCOC(=O)CCCCCCCCCCCCC. The molecule has 7 atom stereocenters. The second-order valence-electron chi connectivity index (χ2n) is 27.4. The van der Waals surface area contributed by atoms with Crippen LogP contribution in [0.15, 0.2) is 24.3 Å². The Kier molecular flexibility index (Phi) is 64.6. The van der Waals surface area contributed by atoms with Gasteiger partial charge in [-0.1, -0.05) is 366 Å². The molecule has 1 heterocycles. The van der Waals surface area contributed by atoms with E-state index in [2.05, 4.69) is 31.3 Å². The van der Waals surface area contributed by atoms with Gasteiger partial charge in [0.25, 0.3) is 0 Å². The summed E-state index contributed by atoms with van der Waals surface area (Å²) in [6.45, 7) is 4.37. The van der Waals surface area contributed by atoms with Crippen molar-refractivity contribution in [1.29, 1.82) is 0 Å². The summed E-state index contributed by atoms with van der Waals surface area (Å²) >= 11 is 0. The first kappa shape index (κ1) is 85.2. The molecule has 0 aliphatic carbocycles. The third-order valence-electron chi connectivity index (χ3n) is 18.8. The first-order valence-electron chi connectivity index (χ1n) is 39.1. The van der Waals surface area contributed by atoms with Crippen molar-refractivity contribution in [3.63, 3.8) is 0 Å². The molecule has 11 nitrogen and oxygen atoms in total. The molecule has 526 valence electrons. The van der Waals surface area contributed by atoms with E-state index in [4.69, 9.17) is 14.2 Å². The van der Waals surface area contributed by atoms with Gasteiger partial charge in [-0.15, -0.1) is 0 Å². The Morgan fingerprint density at radius 2 is 0.730 bits per heavy atom. The average molecular weight is 1260 g/mol. The first-order valence-corrected chi connectivity index (χ1v) is 39.1. The summed E-state index contributed by atoms with van der Waals surface area (Å²) in [6, 6.07) is -0.823. The first-order chi connectivity index (χ1) is 43.7. The van der Waals surface area contributed by atoms with Crippen LogP contribution in [0.25, 0.3) is 0 Å². The van der Waals surface area contributed by atoms with Gasteiger partial charge in [0, 0.05) is 12.8 Å². The average Bonchev–Trinajstić information content (AvgIpc) is 2.53. The van der Waals surface area contributed by atoms with Gasteiger partial charge in [0.2, 0.25) is 5.91 Å². The molecule has 1 rings (SSSR count). The third kappa shape index (κ3) is 56.2. The summed E-state index contributed by atoms with van der Waals surface area (Å²) in [5.74, 6) is -0.167. The van der Waals surface area contributed by atoms with E-state index in [0.29, 0.717) is 19.4 Å². The summed E-state index contributed by atoms with van der Waals surface area (Å²) in [5, 5.41) is 54.5. The van der Waals surface area contributed by atoms with Crippen LogP contribution < -0.4 is 5.32 Å². The number of carbonyl (C=O) groups excluding carboxylic acids is 2. The van der Waals surface area contributed by atoms with E-state index in [-0.39, 0.29) is 18.5 Å². The Morgan fingerprint density at radius 3 is 1.11 bits per heavy atom. The van der Waals surface area contributed by atoms with Gasteiger partial charge in [-0.3, -0.25) is 9.59 Å². The highest BCUT2D eigenvalue weighted by Gasteiger charge is 2.44. The van der Waals surface area contributed by atoms with E-state index in [1.165, 1.54) is 321 Å². The minimum Gasteiger partial charge on any atom is -0.466 e. The molecule has 0 spiro atoms. The van der Waals surface area contributed by atoms with Crippen molar-refractivity contribution in [2.24, 2.45) is 0 Å². The van der Waals surface area contributed by atoms with Crippen molar-refractivity contribution in [2.75, 3.05) is 19.8 Å². The summed E-state index contributed by atoms with van der Waals surface area (Å²) in [6.07, 6.45) is 76.4. The summed E-state index contributed by atoms with van der Waals surface area (Å²) < 4.78 is 16.7. The largest absolute Gasteiger partial charge is 0.466 e. The summed E-state index contributed by atoms with van der Waals surface area (Å²) in [4.78, 5) is 25.1. The van der Waals surface area contributed by atoms with Gasteiger partial charge in [-0.2, -0.15) is 0 Å². The lowest BCUT2D eigenvalue weighted by Crippen LogP contribution is -2.60. The number of aliphatic hydroxyl groups excluding tert-OH is 5. The molecule has 1 aliphatic heterocycles. The lowest BCUT2D eigenvalue weighted by atomic mass is 9.99. The second-order valence-corrected chi connectivity index (χ2v) is 27.4. The highest BCUT2D eigenvalue weighted by atomic mass is 16.7. The van der Waals surface area contributed by atoms with Crippen molar-refractivity contribution in [2.45, 2.75) is 442 Å². The lowest BCUT2D eigenvalue weighted by molar-refractivity contribution is -0.302. The maximum atomic E-state index is 13.1. The van der Waals surface area contributed by atoms with E-state index in [0.717, 1.165) is 51.4 Å². The lowest BCUT2D eigenvalue weighted by Gasteiger charge is -2.40. The topological polar surface area (TPSA) is 175 Å². The highest BCUT2D eigenvalue weighted by Crippen LogP contribution is 2.24. The highest BCUT2D eigenvalue weighted by molar-refractivity contribution is 5.76. The normalized spacial score (nSPS) is 17.8. The molecular formula is C78H149NO10. The summed E-state index contributed by atoms with van der Waals surface area (Å²) in [7, 11) is 0. The number of aliphatic hydroxyl groups is 5. The predicted molar refractivity (Wildman–Crippen MR) is 375 cm³/mol. The molecular weight excluding hydrogens is 1110 g/mol. The van der Waals surface area contributed by atoms with E-state index in [9.17, 15) is 35.1 Å². The molecule has 6 N–H and O–H groups in total.